The van der Waals surface area contributed by atoms with Crippen LogP contribution in [0.25, 0.3) is 0 Å². The molecule has 0 radical (unpaired) electrons. The van der Waals surface area contributed by atoms with Crippen molar-refractivity contribution in [3.63, 3.8) is 0 Å². The molecular formula is C17H20N2O3S2. The zero-order valence-corrected chi connectivity index (χ0v) is 15.1. The normalized spacial score (nSPS) is 15.0. The fraction of sp³-hybridized carbons (Fsp3) is 0.353. The maximum absolute atomic E-state index is 12.4. The molecule has 0 spiro atoms. The summed E-state index contributed by atoms with van der Waals surface area (Å²) in [5, 5.41) is 1.63. The Bertz CT molecular complexity index is 837. The number of nitrogens with one attached hydrogen (secondary N) is 1. The van der Waals surface area contributed by atoms with Gasteiger partial charge in [-0.05, 0) is 37.0 Å². The molecule has 0 aliphatic carbocycles. The fourth-order valence-corrected chi connectivity index (χ4v) is 4.93. The average Bonchev–Trinajstić information content (AvgIpc) is 3.25. The predicted molar refractivity (Wildman–Crippen MR) is 94.7 cm³/mol. The van der Waals surface area contributed by atoms with E-state index in [1.807, 2.05) is 31.2 Å². The van der Waals surface area contributed by atoms with Crippen LogP contribution >= 0.6 is 11.3 Å². The Morgan fingerprint density at radius 2 is 1.96 bits per heavy atom. The lowest BCUT2D eigenvalue weighted by Gasteiger charge is -2.13. The van der Waals surface area contributed by atoms with Gasteiger partial charge in [-0.2, -0.15) is 0 Å². The van der Waals surface area contributed by atoms with Crippen molar-refractivity contribution in [2.24, 2.45) is 0 Å². The van der Waals surface area contributed by atoms with Gasteiger partial charge in [-0.1, -0.05) is 24.3 Å². The first kappa shape index (κ1) is 17.1. The first-order valence-electron chi connectivity index (χ1n) is 7.89. The second-order valence-corrected chi connectivity index (χ2v) is 8.81. The van der Waals surface area contributed by atoms with E-state index in [-0.39, 0.29) is 16.7 Å². The van der Waals surface area contributed by atoms with Crippen LogP contribution in [0.15, 0.2) is 39.9 Å². The highest BCUT2D eigenvalue weighted by molar-refractivity contribution is 7.91. The van der Waals surface area contributed by atoms with E-state index in [1.54, 1.807) is 10.3 Å². The predicted octanol–water partition coefficient (Wildman–Crippen LogP) is 2.77. The number of amides is 1. The van der Waals surface area contributed by atoms with Gasteiger partial charge in [0.15, 0.2) is 0 Å². The quantitative estimate of drug-likeness (QED) is 0.887. The minimum Gasteiger partial charge on any atom is -0.339 e. The molecule has 5 nitrogen and oxygen atoms in total. The van der Waals surface area contributed by atoms with Gasteiger partial charge in [-0.15, -0.1) is 11.3 Å². The molecule has 1 fully saturated rings. The molecule has 1 amide bonds. The summed E-state index contributed by atoms with van der Waals surface area (Å²) in [5.41, 5.74) is 2.43. The van der Waals surface area contributed by atoms with Crippen molar-refractivity contribution in [1.82, 2.24) is 9.62 Å². The van der Waals surface area contributed by atoms with Gasteiger partial charge in [-0.3, -0.25) is 4.79 Å². The van der Waals surface area contributed by atoms with Gasteiger partial charge in [0.05, 0.1) is 5.56 Å². The Morgan fingerprint density at radius 3 is 2.67 bits per heavy atom. The largest absolute Gasteiger partial charge is 0.339 e. The van der Waals surface area contributed by atoms with Crippen molar-refractivity contribution >= 4 is 27.3 Å². The third-order valence-electron chi connectivity index (χ3n) is 4.19. The van der Waals surface area contributed by atoms with Gasteiger partial charge in [0.1, 0.15) is 4.21 Å². The minimum atomic E-state index is -3.61. The number of hydrogen-bond donors (Lipinski definition) is 1. The summed E-state index contributed by atoms with van der Waals surface area (Å²) < 4.78 is 27.7. The molecule has 3 rings (SSSR count). The number of thiophene rings is 1. The third-order valence-corrected chi connectivity index (χ3v) is 7.04. The second-order valence-electron chi connectivity index (χ2n) is 5.90. The lowest BCUT2D eigenvalue weighted by atomic mass is 10.1. The Balaban J connectivity index is 1.71. The summed E-state index contributed by atoms with van der Waals surface area (Å²) in [5.74, 6) is -0.0795. The number of carbonyl (C=O) groups excluding carboxylic acids is 1. The van der Waals surface area contributed by atoms with Gasteiger partial charge in [0, 0.05) is 25.0 Å². The van der Waals surface area contributed by atoms with Gasteiger partial charge in [-0.25, -0.2) is 13.1 Å². The van der Waals surface area contributed by atoms with E-state index in [9.17, 15) is 13.2 Å². The standard InChI is InChI=1S/C17H20N2O3S2/c1-13-6-2-3-7-14(13)11-18-24(21,22)16-10-15(12-23-16)17(20)19-8-4-5-9-19/h2-3,6-7,10,12,18H,4-5,8-9,11H2,1H3. The highest BCUT2D eigenvalue weighted by Crippen LogP contribution is 2.23. The van der Waals surface area contributed by atoms with Crippen LogP contribution < -0.4 is 4.72 Å². The van der Waals surface area contributed by atoms with Crippen molar-refractivity contribution in [2.45, 2.75) is 30.5 Å². The zero-order chi connectivity index (χ0) is 17.2. The van der Waals surface area contributed by atoms with E-state index < -0.39 is 10.0 Å². The number of benzene rings is 1. The van der Waals surface area contributed by atoms with E-state index in [0.717, 1.165) is 48.4 Å². The first-order chi connectivity index (χ1) is 11.5. The summed E-state index contributed by atoms with van der Waals surface area (Å²) in [6.45, 7) is 3.69. The van der Waals surface area contributed by atoms with Crippen LogP contribution in [0.3, 0.4) is 0 Å². The molecule has 128 valence electrons. The molecule has 1 aliphatic heterocycles. The summed E-state index contributed by atoms with van der Waals surface area (Å²) in [7, 11) is -3.61. The molecule has 1 N–H and O–H groups in total. The molecule has 1 aliphatic rings. The Labute approximate surface area is 146 Å². The third kappa shape index (κ3) is 3.68. The summed E-state index contributed by atoms with van der Waals surface area (Å²) >= 11 is 1.08. The molecule has 1 aromatic carbocycles. The lowest BCUT2D eigenvalue weighted by Crippen LogP contribution is -2.27. The average molecular weight is 364 g/mol. The molecule has 7 heteroatoms. The number of rotatable bonds is 5. The monoisotopic (exact) mass is 364 g/mol. The highest BCUT2D eigenvalue weighted by Gasteiger charge is 2.23. The van der Waals surface area contributed by atoms with E-state index in [0.29, 0.717) is 5.56 Å². The first-order valence-corrected chi connectivity index (χ1v) is 10.3. The van der Waals surface area contributed by atoms with Crippen LogP contribution in [-0.4, -0.2) is 32.3 Å². The molecule has 0 atom stereocenters. The highest BCUT2D eigenvalue weighted by atomic mass is 32.2. The van der Waals surface area contributed by atoms with E-state index in [4.69, 9.17) is 0 Å². The molecular weight excluding hydrogens is 344 g/mol. The van der Waals surface area contributed by atoms with Crippen LogP contribution in [0.2, 0.25) is 0 Å². The summed E-state index contributed by atoms with van der Waals surface area (Å²) in [4.78, 5) is 14.1. The number of nitrogens with zero attached hydrogens (tertiary/aromatic N) is 1. The van der Waals surface area contributed by atoms with E-state index in [2.05, 4.69) is 4.72 Å². The maximum Gasteiger partial charge on any atom is 0.254 e. The molecule has 2 aromatic rings. The number of carbonyl (C=O) groups is 1. The smallest absolute Gasteiger partial charge is 0.254 e. The van der Waals surface area contributed by atoms with Crippen LogP contribution in [-0.2, 0) is 16.6 Å². The van der Waals surface area contributed by atoms with Gasteiger partial charge in [0.25, 0.3) is 5.91 Å². The van der Waals surface area contributed by atoms with Crippen molar-refractivity contribution in [2.75, 3.05) is 13.1 Å². The molecule has 0 bridgehead atoms. The summed E-state index contributed by atoms with van der Waals surface area (Å²) in [6.07, 6.45) is 2.03. The van der Waals surface area contributed by atoms with Crippen LogP contribution in [0, 0.1) is 6.92 Å². The number of aryl methyl sites for hydroxylation is 1. The van der Waals surface area contributed by atoms with Gasteiger partial charge < -0.3 is 4.90 Å². The van der Waals surface area contributed by atoms with Crippen molar-refractivity contribution < 1.29 is 13.2 Å². The van der Waals surface area contributed by atoms with E-state index >= 15 is 0 Å². The lowest BCUT2D eigenvalue weighted by molar-refractivity contribution is 0.0793. The maximum atomic E-state index is 12.4. The number of sulfonamides is 1. The SMILES string of the molecule is Cc1ccccc1CNS(=O)(=O)c1cc(C(=O)N2CCCC2)cs1. The van der Waals surface area contributed by atoms with Crippen LogP contribution in [0.5, 0.6) is 0 Å². The fourth-order valence-electron chi connectivity index (χ4n) is 2.72. The number of likely N-dealkylation sites (tertiary alicyclic amines) is 1. The van der Waals surface area contributed by atoms with Crippen LogP contribution in [0.4, 0.5) is 0 Å². The summed E-state index contributed by atoms with van der Waals surface area (Å²) in [6, 6.07) is 9.12. The van der Waals surface area contributed by atoms with Crippen molar-refractivity contribution in [3.8, 4) is 0 Å². The van der Waals surface area contributed by atoms with Gasteiger partial charge in [0.2, 0.25) is 10.0 Å². The molecule has 24 heavy (non-hydrogen) atoms. The molecule has 0 unspecified atom stereocenters. The molecule has 1 aromatic heterocycles. The zero-order valence-electron chi connectivity index (χ0n) is 13.5. The Hall–Kier alpha value is -1.70. The van der Waals surface area contributed by atoms with E-state index in [1.165, 1.54) is 6.07 Å². The topological polar surface area (TPSA) is 66.5 Å². The van der Waals surface area contributed by atoms with Crippen molar-refractivity contribution in [3.05, 3.63) is 52.4 Å². The Morgan fingerprint density at radius 1 is 1.25 bits per heavy atom. The van der Waals surface area contributed by atoms with Gasteiger partial charge >= 0.3 is 0 Å². The van der Waals surface area contributed by atoms with Crippen molar-refractivity contribution in [1.29, 1.82) is 0 Å². The van der Waals surface area contributed by atoms with Crippen LogP contribution in [0.1, 0.15) is 34.3 Å². The molecule has 1 saturated heterocycles. The Kier molecular flexibility index (Phi) is 5.03. The minimum absolute atomic E-state index is 0.0795. The molecule has 2 heterocycles. The molecule has 0 saturated carbocycles. The number of hydrogen-bond acceptors (Lipinski definition) is 4. The second kappa shape index (κ2) is 7.04.